The van der Waals surface area contributed by atoms with Crippen LogP contribution in [0, 0.1) is 13.8 Å². The van der Waals surface area contributed by atoms with Gasteiger partial charge in [-0.2, -0.15) is 0 Å². The van der Waals surface area contributed by atoms with E-state index in [2.05, 4.69) is 10.3 Å². The molecule has 0 aliphatic carbocycles. The molecule has 0 aliphatic heterocycles. The largest absolute Gasteiger partial charge is 0.366 e. The molecule has 0 unspecified atom stereocenters. The van der Waals surface area contributed by atoms with Crippen LogP contribution in [0.4, 0.5) is 5.69 Å². The highest BCUT2D eigenvalue weighted by molar-refractivity contribution is 6.04. The van der Waals surface area contributed by atoms with Gasteiger partial charge in [-0.15, -0.1) is 0 Å². The van der Waals surface area contributed by atoms with Crippen molar-refractivity contribution in [2.24, 2.45) is 5.73 Å². The number of aryl methyl sites for hydroxylation is 2. The highest BCUT2D eigenvalue weighted by Gasteiger charge is 2.16. The molecule has 3 aromatic rings. The minimum absolute atomic E-state index is 0.257. The number of benzene rings is 1. The molecule has 6 nitrogen and oxygen atoms in total. The van der Waals surface area contributed by atoms with Gasteiger partial charge in [-0.3, -0.25) is 14.0 Å². The number of anilines is 1. The van der Waals surface area contributed by atoms with Gasteiger partial charge in [-0.1, -0.05) is 6.07 Å². The highest BCUT2D eigenvalue weighted by atomic mass is 16.2. The molecule has 3 N–H and O–H groups in total. The van der Waals surface area contributed by atoms with E-state index in [0.29, 0.717) is 22.6 Å². The Bertz CT molecular complexity index is 910. The number of nitrogens with zero attached hydrogens (tertiary/aromatic N) is 2. The van der Waals surface area contributed by atoms with E-state index in [4.69, 9.17) is 5.73 Å². The summed E-state index contributed by atoms with van der Waals surface area (Å²) < 4.78 is 1.78. The lowest BCUT2D eigenvalue weighted by Crippen LogP contribution is -2.16. The molecule has 0 bridgehead atoms. The summed E-state index contributed by atoms with van der Waals surface area (Å²) in [5.41, 5.74) is 9.08. The number of carbonyl (C=O) groups is 2. The first-order chi connectivity index (χ1) is 11.0. The van der Waals surface area contributed by atoms with Crippen LogP contribution in [0.15, 0.2) is 42.6 Å². The van der Waals surface area contributed by atoms with Crippen LogP contribution in [-0.4, -0.2) is 21.2 Å². The number of aromatic nitrogens is 2. The third-order valence-corrected chi connectivity index (χ3v) is 3.58. The molecule has 2 heterocycles. The zero-order valence-corrected chi connectivity index (χ0v) is 12.8. The van der Waals surface area contributed by atoms with Crippen LogP contribution in [0.25, 0.3) is 5.65 Å². The highest BCUT2D eigenvalue weighted by Crippen LogP contribution is 2.16. The van der Waals surface area contributed by atoms with Crippen LogP contribution in [0.3, 0.4) is 0 Å². The Morgan fingerprint density at radius 2 is 1.78 bits per heavy atom. The predicted molar refractivity (Wildman–Crippen MR) is 87.6 cm³/mol. The summed E-state index contributed by atoms with van der Waals surface area (Å²) in [4.78, 5) is 28.0. The number of imidazole rings is 1. The molecule has 23 heavy (non-hydrogen) atoms. The standard InChI is InChI=1S/C17H16N4O2/c1-10-3-8-14-19-11(2)15(21(14)9-10)17(23)20-13-6-4-12(5-7-13)16(18)22/h3-9H,1-2H3,(H2,18,22)(H,20,23). The minimum Gasteiger partial charge on any atom is -0.366 e. The van der Waals surface area contributed by atoms with Crippen molar-refractivity contribution in [1.29, 1.82) is 0 Å². The van der Waals surface area contributed by atoms with Crippen LogP contribution in [0.2, 0.25) is 0 Å². The summed E-state index contributed by atoms with van der Waals surface area (Å²) >= 11 is 0. The van der Waals surface area contributed by atoms with Crippen molar-refractivity contribution in [2.75, 3.05) is 5.32 Å². The van der Waals surface area contributed by atoms with Crippen LogP contribution in [0.1, 0.15) is 32.1 Å². The monoisotopic (exact) mass is 308 g/mol. The topological polar surface area (TPSA) is 89.5 Å². The lowest BCUT2D eigenvalue weighted by atomic mass is 10.2. The number of primary amides is 1. The van der Waals surface area contributed by atoms with Gasteiger partial charge in [-0.25, -0.2) is 4.98 Å². The van der Waals surface area contributed by atoms with Gasteiger partial charge >= 0.3 is 0 Å². The molecule has 0 aliphatic rings. The van der Waals surface area contributed by atoms with Gasteiger partial charge < -0.3 is 11.1 Å². The van der Waals surface area contributed by atoms with Gasteiger partial charge in [-0.05, 0) is 49.7 Å². The second kappa shape index (κ2) is 5.57. The summed E-state index contributed by atoms with van der Waals surface area (Å²) in [5.74, 6) is -0.761. The van der Waals surface area contributed by atoms with Gasteiger partial charge in [0.05, 0.1) is 5.69 Å². The molecule has 6 heteroatoms. The fraction of sp³-hybridized carbons (Fsp3) is 0.118. The molecule has 0 radical (unpaired) electrons. The first-order valence-corrected chi connectivity index (χ1v) is 7.12. The third kappa shape index (κ3) is 2.78. The molecule has 1 aromatic carbocycles. The first kappa shape index (κ1) is 14.8. The first-order valence-electron chi connectivity index (χ1n) is 7.12. The van der Waals surface area contributed by atoms with Crippen molar-refractivity contribution in [3.63, 3.8) is 0 Å². The number of amides is 2. The van der Waals surface area contributed by atoms with Crippen molar-refractivity contribution in [2.45, 2.75) is 13.8 Å². The molecule has 2 aromatic heterocycles. The van der Waals surface area contributed by atoms with Crippen LogP contribution < -0.4 is 11.1 Å². The number of nitrogens with two attached hydrogens (primary N) is 1. The number of nitrogens with one attached hydrogen (secondary N) is 1. The van der Waals surface area contributed by atoms with E-state index in [1.54, 1.807) is 35.6 Å². The summed E-state index contributed by atoms with van der Waals surface area (Å²) in [6.07, 6.45) is 1.88. The lowest BCUT2D eigenvalue weighted by Gasteiger charge is -2.07. The number of rotatable bonds is 3. The summed E-state index contributed by atoms with van der Waals surface area (Å²) in [6, 6.07) is 10.3. The zero-order valence-electron chi connectivity index (χ0n) is 12.8. The van der Waals surface area contributed by atoms with E-state index in [0.717, 1.165) is 11.2 Å². The van der Waals surface area contributed by atoms with Gasteiger partial charge in [0.1, 0.15) is 11.3 Å². The van der Waals surface area contributed by atoms with Crippen molar-refractivity contribution < 1.29 is 9.59 Å². The molecule has 0 fully saturated rings. The SMILES string of the molecule is Cc1ccc2nc(C)c(C(=O)Nc3ccc(C(N)=O)cc3)n2c1. The average molecular weight is 308 g/mol. The van der Waals surface area contributed by atoms with E-state index in [1.807, 2.05) is 25.3 Å². The molecule has 116 valence electrons. The number of pyridine rings is 1. The van der Waals surface area contributed by atoms with Gasteiger partial charge in [0.25, 0.3) is 5.91 Å². The fourth-order valence-electron chi connectivity index (χ4n) is 2.45. The molecule has 3 rings (SSSR count). The van der Waals surface area contributed by atoms with Crippen molar-refractivity contribution in [3.8, 4) is 0 Å². The van der Waals surface area contributed by atoms with Gasteiger partial charge in [0.15, 0.2) is 0 Å². The normalized spacial score (nSPS) is 10.7. The summed E-state index contributed by atoms with van der Waals surface area (Å²) in [7, 11) is 0. The van der Waals surface area contributed by atoms with E-state index in [1.165, 1.54) is 0 Å². The zero-order chi connectivity index (χ0) is 16.6. The molecule has 0 saturated heterocycles. The number of carbonyl (C=O) groups excluding carboxylic acids is 2. The van der Waals surface area contributed by atoms with E-state index in [9.17, 15) is 9.59 Å². The minimum atomic E-state index is -0.504. The summed E-state index contributed by atoms with van der Waals surface area (Å²) in [6.45, 7) is 3.76. The third-order valence-electron chi connectivity index (χ3n) is 3.58. The maximum absolute atomic E-state index is 12.6. The van der Waals surface area contributed by atoms with Crippen LogP contribution in [0.5, 0.6) is 0 Å². The van der Waals surface area contributed by atoms with Gasteiger partial charge in [0, 0.05) is 17.4 Å². The van der Waals surface area contributed by atoms with Crippen molar-refractivity contribution >= 4 is 23.1 Å². The maximum atomic E-state index is 12.6. The van der Waals surface area contributed by atoms with Crippen molar-refractivity contribution in [3.05, 3.63) is 65.1 Å². The van der Waals surface area contributed by atoms with Gasteiger partial charge in [0.2, 0.25) is 5.91 Å². The number of hydrogen-bond acceptors (Lipinski definition) is 3. The fourth-order valence-corrected chi connectivity index (χ4v) is 2.45. The molecular formula is C17H16N4O2. The number of hydrogen-bond donors (Lipinski definition) is 2. The Morgan fingerprint density at radius 3 is 2.43 bits per heavy atom. The lowest BCUT2D eigenvalue weighted by molar-refractivity contribution is 0.0997. The Balaban J connectivity index is 1.93. The smallest absolute Gasteiger partial charge is 0.274 e. The molecule has 2 amide bonds. The van der Waals surface area contributed by atoms with Crippen molar-refractivity contribution in [1.82, 2.24) is 9.38 Å². The Kier molecular flexibility index (Phi) is 3.57. The maximum Gasteiger partial charge on any atom is 0.274 e. The quantitative estimate of drug-likeness (QED) is 0.778. The Labute approximate surface area is 132 Å². The van der Waals surface area contributed by atoms with E-state index >= 15 is 0 Å². The molecule has 0 atom stereocenters. The second-order valence-electron chi connectivity index (χ2n) is 5.38. The van der Waals surface area contributed by atoms with Crippen LogP contribution >= 0.6 is 0 Å². The van der Waals surface area contributed by atoms with Crippen LogP contribution in [-0.2, 0) is 0 Å². The predicted octanol–water partition coefficient (Wildman–Crippen LogP) is 2.30. The Hall–Kier alpha value is -3.15. The van der Waals surface area contributed by atoms with E-state index < -0.39 is 5.91 Å². The number of fused-ring (bicyclic) bond motifs is 1. The van der Waals surface area contributed by atoms with E-state index in [-0.39, 0.29) is 5.91 Å². The molecule has 0 saturated carbocycles. The second-order valence-corrected chi connectivity index (χ2v) is 5.38. The summed E-state index contributed by atoms with van der Waals surface area (Å²) in [5, 5.41) is 2.81. The molecule has 0 spiro atoms. The average Bonchev–Trinajstić information content (AvgIpc) is 2.83. The Morgan fingerprint density at radius 1 is 1.09 bits per heavy atom. The molecular weight excluding hydrogens is 292 g/mol.